The predicted molar refractivity (Wildman–Crippen MR) is 88.2 cm³/mol. The van der Waals surface area contributed by atoms with Gasteiger partial charge in [-0.25, -0.2) is 9.97 Å². The van der Waals surface area contributed by atoms with Gasteiger partial charge in [0.05, 0.1) is 5.69 Å². The van der Waals surface area contributed by atoms with Gasteiger partial charge in [0.15, 0.2) is 5.82 Å². The lowest BCUT2D eigenvalue weighted by Gasteiger charge is -2.36. The summed E-state index contributed by atoms with van der Waals surface area (Å²) in [7, 11) is 2.01. The van der Waals surface area contributed by atoms with Crippen molar-refractivity contribution in [2.45, 2.75) is 46.0 Å². The summed E-state index contributed by atoms with van der Waals surface area (Å²) in [4.78, 5) is 12.3. The Morgan fingerprint density at radius 2 is 1.73 bits per heavy atom. The molecule has 2 atom stereocenters. The SMILES string of the molecule is Cc1nn(C)c2c(N3C[C@@H](C)C[C@H](C)C3)nc(C3CC3)nc12. The zero-order chi connectivity index (χ0) is 15.4. The van der Waals surface area contributed by atoms with Crippen LogP contribution in [0.4, 0.5) is 5.82 Å². The van der Waals surface area contributed by atoms with E-state index < -0.39 is 0 Å². The van der Waals surface area contributed by atoms with Gasteiger partial charge in [0.25, 0.3) is 0 Å². The summed E-state index contributed by atoms with van der Waals surface area (Å²) >= 11 is 0. The molecule has 0 amide bonds. The van der Waals surface area contributed by atoms with Crippen molar-refractivity contribution in [2.75, 3.05) is 18.0 Å². The first-order chi connectivity index (χ1) is 10.5. The predicted octanol–water partition coefficient (Wildman–Crippen LogP) is 3.03. The summed E-state index contributed by atoms with van der Waals surface area (Å²) in [5, 5.41) is 4.59. The third kappa shape index (κ3) is 2.27. The largest absolute Gasteiger partial charge is 0.354 e. The molecule has 0 spiro atoms. The molecule has 0 radical (unpaired) electrons. The van der Waals surface area contributed by atoms with E-state index in [-0.39, 0.29) is 0 Å². The van der Waals surface area contributed by atoms with Crippen LogP contribution in [0.2, 0.25) is 0 Å². The fraction of sp³-hybridized carbons (Fsp3) is 0.706. The second-order valence-electron chi connectivity index (χ2n) is 7.44. The van der Waals surface area contributed by atoms with Crippen molar-refractivity contribution < 1.29 is 0 Å². The summed E-state index contributed by atoms with van der Waals surface area (Å²) in [6.45, 7) is 8.92. The standard InChI is InChI=1S/C17H25N5/c1-10-7-11(2)9-22(8-10)17-15-14(12(3)20-21(15)4)18-16(19-17)13-5-6-13/h10-11,13H,5-9H2,1-4H3/t10-,11-/m0/s1. The van der Waals surface area contributed by atoms with Crippen LogP contribution in [0.25, 0.3) is 11.0 Å². The van der Waals surface area contributed by atoms with Crippen molar-refractivity contribution in [3.63, 3.8) is 0 Å². The van der Waals surface area contributed by atoms with Crippen molar-refractivity contribution in [3.05, 3.63) is 11.5 Å². The molecule has 2 fully saturated rings. The van der Waals surface area contributed by atoms with Crippen molar-refractivity contribution in [1.29, 1.82) is 0 Å². The second kappa shape index (κ2) is 4.93. The topological polar surface area (TPSA) is 46.8 Å². The van der Waals surface area contributed by atoms with E-state index in [1.807, 2.05) is 11.7 Å². The number of nitrogens with zero attached hydrogens (tertiary/aromatic N) is 5. The molecular weight excluding hydrogens is 274 g/mol. The monoisotopic (exact) mass is 299 g/mol. The van der Waals surface area contributed by atoms with Crippen LogP contribution in [-0.4, -0.2) is 32.8 Å². The van der Waals surface area contributed by atoms with Crippen molar-refractivity contribution in [1.82, 2.24) is 19.7 Å². The molecular formula is C17H25N5. The van der Waals surface area contributed by atoms with E-state index in [0.717, 1.165) is 41.5 Å². The average molecular weight is 299 g/mol. The highest BCUT2D eigenvalue weighted by Crippen LogP contribution is 2.40. The molecule has 22 heavy (non-hydrogen) atoms. The molecule has 1 saturated carbocycles. The van der Waals surface area contributed by atoms with E-state index in [1.54, 1.807) is 0 Å². The van der Waals surface area contributed by atoms with Crippen molar-refractivity contribution >= 4 is 16.9 Å². The minimum Gasteiger partial charge on any atom is -0.354 e. The Hall–Kier alpha value is -1.65. The minimum atomic E-state index is 0.572. The number of hydrogen-bond acceptors (Lipinski definition) is 4. The van der Waals surface area contributed by atoms with Crippen LogP contribution in [0.15, 0.2) is 0 Å². The third-order valence-electron chi connectivity index (χ3n) is 4.96. The Labute approximate surface area is 131 Å². The highest BCUT2D eigenvalue weighted by molar-refractivity contribution is 5.88. The lowest BCUT2D eigenvalue weighted by Crippen LogP contribution is -2.39. The Kier molecular flexibility index (Phi) is 3.13. The fourth-order valence-electron chi connectivity index (χ4n) is 3.91. The summed E-state index contributed by atoms with van der Waals surface area (Å²) in [5.41, 5.74) is 3.16. The van der Waals surface area contributed by atoms with Crippen LogP contribution in [0.1, 0.15) is 50.5 Å². The zero-order valence-electron chi connectivity index (χ0n) is 14.0. The summed E-state index contributed by atoms with van der Waals surface area (Å²) < 4.78 is 1.96. The molecule has 5 heteroatoms. The zero-order valence-corrected chi connectivity index (χ0v) is 14.0. The summed E-state index contributed by atoms with van der Waals surface area (Å²) in [6, 6.07) is 0. The summed E-state index contributed by atoms with van der Waals surface area (Å²) in [6.07, 6.45) is 3.78. The average Bonchev–Trinajstić information content (AvgIpc) is 3.25. The van der Waals surface area contributed by atoms with Gasteiger partial charge in [0, 0.05) is 26.1 Å². The van der Waals surface area contributed by atoms with Gasteiger partial charge in [-0.1, -0.05) is 13.8 Å². The molecule has 1 aliphatic heterocycles. The molecule has 2 aromatic rings. The van der Waals surface area contributed by atoms with E-state index in [9.17, 15) is 0 Å². The molecule has 0 N–H and O–H groups in total. The molecule has 5 nitrogen and oxygen atoms in total. The number of rotatable bonds is 2. The Morgan fingerprint density at radius 3 is 2.36 bits per heavy atom. The van der Waals surface area contributed by atoms with E-state index in [1.165, 1.54) is 19.3 Å². The van der Waals surface area contributed by atoms with Crippen LogP contribution in [-0.2, 0) is 7.05 Å². The molecule has 2 aliphatic rings. The number of aromatic nitrogens is 4. The lowest BCUT2D eigenvalue weighted by molar-refractivity contribution is 0.355. The van der Waals surface area contributed by atoms with Gasteiger partial charge in [-0.2, -0.15) is 5.10 Å². The lowest BCUT2D eigenvalue weighted by atomic mass is 9.92. The Bertz CT molecular complexity index is 705. The van der Waals surface area contributed by atoms with Gasteiger partial charge in [0.1, 0.15) is 16.9 Å². The van der Waals surface area contributed by atoms with Crippen molar-refractivity contribution in [3.8, 4) is 0 Å². The first kappa shape index (κ1) is 14.0. The molecule has 118 valence electrons. The quantitative estimate of drug-likeness (QED) is 0.855. The molecule has 0 bridgehead atoms. The van der Waals surface area contributed by atoms with E-state index >= 15 is 0 Å². The molecule has 0 unspecified atom stereocenters. The van der Waals surface area contributed by atoms with Gasteiger partial charge in [-0.05, 0) is 38.0 Å². The number of piperidine rings is 1. The van der Waals surface area contributed by atoms with Crippen LogP contribution >= 0.6 is 0 Å². The maximum absolute atomic E-state index is 4.98. The van der Waals surface area contributed by atoms with Gasteiger partial charge in [-0.15, -0.1) is 0 Å². The van der Waals surface area contributed by atoms with Gasteiger partial charge >= 0.3 is 0 Å². The number of aryl methyl sites for hydroxylation is 2. The number of anilines is 1. The van der Waals surface area contributed by atoms with Gasteiger partial charge in [-0.3, -0.25) is 4.68 Å². The number of hydrogen-bond donors (Lipinski definition) is 0. The molecule has 1 saturated heterocycles. The maximum Gasteiger partial charge on any atom is 0.158 e. The molecule has 4 rings (SSSR count). The van der Waals surface area contributed by atoms with E-state index in [4.69, 9.17) is 9.97 Å². The first-order valence-corrected chi connectivity index (χ1v) is 8.49. The molecule has 1 aliphatic carbocycles. The van der Waals surface area contributed by atoms with Crippen LogP contribution in [0.3, 0.4) is 0 Å². The Morgan fingerprint density at radius 1 is 1.05 bits per heavy atom. The Balaban J connectivity index is 1.87. The van der Waals surface area contributed by atoms with Gasteiger partial charge < -0.3 is 4.90 Å². The normalized spacial score (nSPS) is 25.9. The molecule has 0 aromatic carbocycles. The fourth-order valence-corrected chi connectivity index (χ4v) is 3.91. The van der Waals surface area contributed by atoms with Crippen LogP contribution < -0.4 is 4.90 Å². The van der Waals surface area contributed by atoms with E-state index in [0.29, 0.717) is 17.8 Å². The molecule has 2 aromatic heterocycles. The minimum absolute atomic E-state index is 0.572. The maximum atomic E-state index is 4.98. The van der Waals surface area contributed by atoms with E-state index in [2.05, 4.69) is 30.8 Å². The third-order valence-corrected chi connectivity index (χ3v) is 4.96. The molecule has 3 heterocycles. The summed E-state index contributed by atoms with van der Waals surface area (Å²) in [5.74, 6) is 4.14. The number of fused-ring (bicyclic) bond motifs is 1. The second-order valence-corrected chi connectivity index (χ2v) is 7.44. The highest BCUT2D eigenvalue weighted by atomic mass is 15.3. The van der Waals surface area contributed by atoms with Crippen LogP contribution in [0.5, 0.6) is 0 Å². The van der Waals surface area contributed by atoms with Gasteiger partial charge in [0.2, 0.25) is 0 Å². The van der Waals surface area contributed by atoms with Crippen LogP contribution in [0, 0.1) is 18.8 Å². The highest BCUT2D eigenvalue weighted by Gasteiger charge is 2.31. The first-order valence-electron chi connectivity index (χ1n) is 8.49. The van der Waals surface area contributed by atoms with Crippen molar-refractivity contribution in [2.24, 2.45) is 18.9 Å². The smallest absolute Gasteiger partial charge is 0.158 e.